The average molecular weight is 259 g/mol. The number of hydrogen-bond donors (Lipinski definition) is 0. The third kappa shape index (κ3) is 2.69. The third-order valence-electron chi connectivity index (χ3n) is 3.21. The molecule has 2 saturated heterocycles. The average Bonchev–Trinajstić information content (AvgIpc) is 2.79. The van der Waals surface area contributed by atoms with Gasteiger partial charge in [0.05, 0.1) is 6.61 Å². The fourth-order valence-electron chi connectivity index (χ4n) is 2.49. The van der Waals surface area contributed by atoms with Crippen LogP contribution in [-0.4, -0.2) is 40.1 Å². The topological polar surface area (TPSA) is 29.5 Å². The van der Waals surface area contributed by atoms with Crippen LogP contribution < -0.4 is 0 Å². The van der Waals surface area contributed by atoms with E-state index in [1.165, 1.54) is 0 Å². The van der Waals surface area contributed by atoms with Crippen LogP contribution in [0.25, 0.3) is 0 Å². The fourth-order valence-corrected chi connectivity index (χ4v) is 3.63. The Morgan fingerprint density at radius 2 is 2.50 bits per heavy atom. The highest BCUT2D eigenvalue weighted by molar-refractivity contribution is 8.22. The maximum Gasteiger partial charge on any atom is 0.222 e. The van der Waals surface area contributed by atoms with Gasteiger partial charge >= 0.3 is 0 Å². The molecule has 2 rings (SSSR count). The van der Waals surface area contributed by atoms with E-state index in [4.69, 9.17) is 17.0 Å². The second-order valence-electron chi connectivity index (χ2n) is 4.33. The lowest BCUT2D eigenvalue weighted by Crippen LogP contribution is -2.27. The molecular weight excluding hydrogens is 242 g/mol. The zero-order chi connectivity index (χ0) is 11.5. The molecule has 0 radical (unpaired) electrons. The van der Waals surface area contributed by atoms with Crippen molar-refractivity contribution in [3.8, 4) is 0 Å². The van der Waals surface area contributed by atoms with Crippen LogP contribution in [0.15, 0.2) is 0 Å². The standard InChI is InChI=1S/C11H17NO2S2/c1-2-14-11(15)16-7-8-5-9-3-4-10(13)12(9)6-8/h8-9H,2-7H2,1H3. The van der Waals surface area contributed by atoms with Crippen LogP contribution in [0, 0.1) is 5.92 Å². The Morgan fingerprint density at radius 1 is 1.69 bits per heavy atom. The molecule has 2 aliphatic rings. The van der Waals surface area contributed by atoms with Gasteiger partial charge in [0, 0.05) is 24.8 Å². The maximum atomic E-state index is 11.5. The first-order valence-electron chi connectivity index (χ1n) is 5.79. The molecule has 0 aromatic rings. The number of carbonyl (C=O) groups is 1. The molecule has 2 heterocycles. The van der Waals surface area contributed by atoms with Crippen molar-refractivity contribution in [2.24, 2.45) is 5.92 Å². The third-order valence-corrected chi connectivity index (χ3v) is 4.67. The van der Waals surface area contributed by atoms with Crippen LogP contribution >= 0.6 is 24.0 Å². The number of rotatable bonds is 3. The highest BCUT2D eigenvalue weighted by atomic mass is 32.2. The zero-order valence-electron chi connectivity index (χ0n) is 9.48. The number of carbonyl (C=O) groups excluding carboxylic acids is 1. The molecule has 0 aromatic carbocycles. The molecule has 0 spiro atoms. The summed E-state index contributed by atoms with van der Waals surface area (Å²) < 4.78 is 5.87. The number of thiocarbonyl (C=S) groups is 1. The Labute approximate surface area is 106 Å². The highest BCUT2D eigenvalue weighted by Gasteiger charge is 2.39. The molecule has 1 amide bonds. The molecule has 2 atom stereocenters. The van der Waals surface area contributed by atoms with E-state index in [1.54, 1.807) is 11.8 Å². The van der Waals surface area contributed by atoms with Gasteiger partial charge in [0.15, 0.2) is 0 Å². The van der Waals surface area contributed by atoms with Crippen LogP contribution in [-0.2, 0) is 9.53 Å². The van der Waals surface area contributed by atoms with Gasteiger partial charge in [-0.2, -0.15) is 0 Å². The smallest absolute Gasteiger partial charge is 0.222 e. The van der Waals surface area contributed by atoms with Crippen molar-refractivity contribution in [2.45, 2.75) is 32.2 Å². The summed E-state index contributed by atoms with van der Waals surface area (Å²) in [7, 11) is 0. The molecule has 0 bridgehead atoms. The van der Waals surface area contributed by atoms with Crippen molar-refractivity contribution < 1.29 is 9.53 Å². The zero-order valence-corrected chi connectivity index (χ0v) is 11.1. The van der Waals surface area contributed by atoms with Gasteiger partial charge in [-0.05, 0) is 37.9 Å². The van der Waals surface area contributed by atoms with E-state index in [-0.39, 0.29) is 0 Å². The van der Waals surface area contributed by atoms with Gasteiger partial charge in [-0.25, -0.2) is 0 Å². The molecule has 0 N–H and O–H groups in total. The molecular formula is C11H17NO2S2. The van der Waals surface area contributed by atoms with Crippen molar-refractivity contribution in [1.29, 1.82) is 0 Å². The van der Waals surface area contributed by atoms with Gasteiger partial charge in [0.1, 0.15) is 0 Å². The molecule has 2 unspecified atom stereocenters. The van der Waals surface area contributed by atoms with Crippen LogP contribution in [0.3, 0.4) is 0 Å². The number of fused-ring (bicyclic) bond motifs is 1. The first kappa shape index (κ1) is 12.2. The van der Waals surface area contributed by atoms with Gasteiger partial charge < -0.3 is 9.64 Å². The molecule has 90 valence electrons. The second kappa shape index (κ2) is 5.36. The summed E-state index contributed by atoms with van der Waals surface area (Å²) in [6.07, 6.45) is 2.95. The number of amides is 1. The lowest BCUT2D eigenvalue weighted by Gasteiger charge is -2.14. The van der Waals surface area contributed by atoms with Crippen LogP contribution in [0.1, 0.15) is 26.2 Å². The Morgan fingerprint density at radius 3 is 3.19 bits per heavy atom. The first-order chi connectivity index (χ1) is 7.70. The number of thioether (sulfide) groups is 1. The van der Waals surface area contributed by atoms with Crippen LogP contribution in [0.4, 0.5) is 0 Å². The molecule has 5 heteroatoms. The number of hydrogen-bond acceptors (Lipinski definition) is 4. The van der Waals surface area contributed by atoms with Gasteiger partial charge in [-0.1, -0.05) is 11.8 Å². The summed E-state index contributed by atoms with van der Waals surface area (Å²) in [6, 6.07) is 0.513. The van der Waals surface area contributed by atoms with E-state index < -0.39 is 0 Å². The van der Waals surface area contributed by atoms with Gasteiger partial charge in [-0.15, -0.1) is 0 Å². The Bertz CT molecular complexity index is 296. The van der Waals surface area contributed by atoms with E-state index in [0.29, 0.717) is 28.9 Å². The summed E-state index contributed by atoms with van der Waals surface area (Å²) >= 11 is 6.68. The highest BCUT2D eigenvalue weighted by Crippen LogP contribution is 2.33. The molecule has 0 saturated carbocycles. The monoisotopic (exact) mass is 259 g/mol. The van der Waals surface area contributed by atoms with Gasteiger partial charge in [-0.3, -0.25) is 4.79 Å². The van der Waals surface area contributed by atoms with Gasteiger partial charge in [0.2, 0.25) is 10.3 Å². The molecule has 3 nitrogen and oxygen atoms in total. The van der Waals surface area contributed by atoms with Crippen molar-refractivity contribution in [2.75, 3.05) is 18.9 Å². The molecule has 0 aromatic heterocycles. The number of nitrogens with zero attached hydrogens (tertiary/aromatic N) is 1. The predicted octanol–water partition coefficient (Wildman–Crippen LogP) is 2.05. The van der Waals surface area contributed by atoms with Crippen molar-refractivity contribution >= 4 is 34.3 Å². The number of ether oxygens (including phenoxy) is 1. The summed E-state index contributed by atoms with van der Waals surface area (Å²) in [5, 5.41) is 0. The Balaban J connectivity index is 1.73. The van der Waals surface area contributed by atoms with E-state index in [0.717, 1.165) is 31.6 Å². The normalized spacial score (nSPS) is 28.3. The largest absolute Gasteiger partial charge is 0.479 e. The SMILES string of the molecule is CCOC(=S)SCC1CC2CCC(=O)N2C1. The van der Waals surface area contributed by atoms with E-state index in [1.807, 2.05) is 6.92 Å². The van der Waals surface area contributed by atoms with E-state index >= 15 is 0 Å². The second-order valence-corrected chi connectivity index (χ2v) is 5.96. The minimum absolute atomic E-state index is 0.338. The van der Waals surface area contributed by atoms with Crippen molar-refractivity contribution in [3.63, 3.8) is 0 Å². The molecule has 0 aliphatic carbocycles. The summed E-state index contributed by atoms with van der Waals surface area (Å²) in [5.74, 6) is 1.92. The Kier molecular flexibility index (Phi) is 4.08. The summed E-state index contributed by atoms with van der Waals surface area (Å²) in [6.45, 7) is 3.51. The summed E-state index contributed by atoms with van der Waals surface area (Å²) in [5.41, 5.74) is 0. The Hall–Kier alpha value is -0.290. The fraction of sp³-hybridized carbons (Fsp3) is 0.818. The van der Waals surface area contributed by atoms with Crippen molar-refractivity contribution in [1.82, 2.24) is 4.90 Å². The summed E-state index contributed by atoms with van der Waals surface area (Å²) in [4.78, 5) is 13.6. The van der Waals surface area contributed by atoms with E-state index in [2.05, 4.69) is 4.90 Å². The molecule has 2 fully saturated rings. The van der Waals surface area contributed by atoms with Crippen molar-refractivity contribution in [3.05, 3.63) is 0 Å². The quantitative estimate of drug-likeness (QED) is 0.726. The minimum Gasteiger partial charge on any atom is -0.479 e. The first-order valence-corrected chi connectivity index (χ1v) is 7.19. The minimum atomic E-state index is 0.338. The lowest BCUT2D eigenvalue weighted by molar-refractivity contribution is -0.128. The van der Waals surface area contributed by atoms with Crippen LogP contribution in [0.2, 0.25) is 0 Å². The van der Waals surface area contributed by atoms with E-state index in [9.17, 15) is 4.79 Å². The lowest BCUT2D eigenvalue weighted by atomic mass is 10.1. The predicted molar refractivity (Wildman–Crippen MR) is 69.5 cm³/mol. The van der Waals surface area contributed by atoms with Gasteiger partial charge in [0.25, 0.3) is 0 Å². The van der Waals surface area contributed by atoms with Crippen LogP contribution in [0.5, 0.6) is 0 Å². The maximum absolute atomic E-state index is 11.5. The molecule has 2 aliphatic heterocycles. The molecule has 16 heavy (non-hydrogen) atoms.